The number of hydrogen-bond donors (Lipinski definition) is 1. The third-order valence-electron chi connectivity index (χ3n) is 2.29. The normalized spacial score (nSPS) is 21.2. The van der Waals surface area contributed by atoms with E-state index in [1.807, 2.05) is 13.8 Å². The Morgan fingerprint density at radius 2 is 1.92 bits per heavy atom. The number of ether oxygens (including phenoxy) is 1. The van der Waals surface area contributed by atoms with Crippen molar-refractivity contribution in [2.45, 2.75) is 38.9 Å². The summed E-state index contributed by atoms with van der Waals surface area (Å²) in [4.78, 5) is 2.30. The fourth-order valence-corrected chi connectivity index (χ4v) is 1.62. The molecule has 1 unspecified atom stereocenters. The summed E-state index contributed by atoms with van der Waals surface area (Å²) in [6, 6.07) is 0. The van der Waals surface area contributed by atoms with Crippen LogP contribution in [0, 0.1) is 0 Å². The molecule has 1 heterocycles. The van der Waals surface area contributed by atoms with Crippen molar-refractivity contribution in [2.24, 2.45) is 0 Å². The van der Waals surface area contributed by atoms with Gasteiger partial charge in [0.05, 0.1) is 18.8 Å². The highest BCUT2D eigenvalue weighted by molar-refractivity contribution is 4.69. The van der Waals surface area contributed by atoms with Crippen LogP contribution in [0.15, 0.2) is 0 Å². The minimum absolute atomic E-state index is 0.216. The van der Waals surface area contributed by atoms with Gasteiger partial charge in [-0.15, -0.1) is 0 Å². The van der Waals surface area contributed by atoms with E-state index in [0.29, 0.717) is 6.61 Å². The smallest absolute Gasteiger partial charge is 0.0900 e. The van der Waals surface area contributed by atoms with Crippen molar-refractivity contribution in [3.8, 4) is 0 Å². The standard InChI is InChI=1S/C10H21NO2/c1-9(2)13-8-10(12)7-11-5-3-4-6-11/h9-10,12H,3-8H2,1-2H3. The average molecular weight is 187 g/mol. The van der Waals surface area contributed by atoms with Crippen LogP contribution in [-0.4, -0.2) is 48.5 Å². The van der Waals surface area contributed by atoms with Gasteiger partial charge in [-0.05, 0) is 39.8 Å². The molecule has 0 aromatic heterocycles. The molecule has 3 nitrogen and oxygen atoms in total. The van der Waals surface area contributed by atoms with Crippen LogP contribution >= 0.6 is 0 Å². The van der Waals surface area contributed by atoms with Gasteiger partial charge in [0.25, 0.3) is 0 Å². The lowest BCUT2D eigenvalue weighted by atomic mass is 10.3. The molecule has 1 aliphatic rings. The second kappa shape index (κ2) is 5.58. The zero-order valence-electron chi connectivity index (χ0n) is 8.70. The van der Waals surface area contributed by atoms with Gasteiger partial charge in [0, 0.05) is 6.54 Å². The number of aliphatic hydroxyl groups excluding tert-OH is 1. The number of hydrogen-bond acceptors (Lipinski definition) is 3. The number of aliphatic hydroxyl groups is 1. The first-order valence-corrected chi connectivity index (χ1v) is 5.20. The van der Waals surface area contributed by atoms with Crippen LogP contribution in [0.25, 0.3) is 0 Å². The molecule has 0 aliphatic carbocycles. The Bertz CT molecular complexity index is 133. The summed E-state index contributed by atoms with van der Waals surface area (Å²) in [6.07, 6.45) is 2.45. The Balaban J connectivity index is 2.05. The van der Waals surface area contributed by atoms with Gasteiger partial charge in [0.15, 0.2) is 0 Å². The highest BCUT2D eigenvalue weighted by Gasteiger charge is 2.15. The maximum atomic E-state index is 9.59. The van der Waals surface area contributed by atoms with E-state index >= 15 is 0 Å². The van der Waals surface area contributed by atoms with Crippen molar-refractivity contribution in [1.82, 2.24) is 4.90 Å². The van der Waals surface area contributed by atoms with E-state index in [4.69, 9.17) is 4.74 Å². The van der Waals surface area contributed by atoms with Crippen LogP contribution in [0.4, 0.5) is 0 Å². The third-order valence-corrected chi connectivity index (χ3v) is 2.29. The Hall–Kier alpha value is -0.120. The van der Waals surface area contributed by atoms with Crippen LogP contribution in [0.3, 0.4) is 0 Å². The summed E-state index contributed by atoms with van der Waals surface area (Å²) >= 11 is 0. The zero-order valence-corrected chi connectivity index (χ0v) is 8.70. The van der Waals surface area contributed by atoms with Crippen LogP contribution in [0.1, 0.15) is 26.7 Å². The molecule has 1 atom stereocenters. The maximum Gasteiger partial charge on any atom is 0.0900 e. The molecule has 1 rings (SSSR count). The van der Waals surface area contributed by atoms with Crippen molar-refractivity contribution in [1.29, 1.82) is 0 Å². The largest absolute Gasteiger partial charge is 0.389 e. The number of nitrogens with zero attached hydrogens (tertiary/aromatic N) is 1. The Morgan fingerprint density at radius 1 is 1.31 bits per heavy atom. The summed E-state index contributed by atoms with van der Waals surface area (Å²) in [6.45, 7) is 7.49. The molecule has 78 valence electrons. The van der Waals surface area contributed by atoms with Gasteiger partial charge >= 0.3 is 0 Å². The minimum atomic E-state index is -0.319. The fraction of sp³-hybridized carbons (Fsp3) is 1.00. The minimum Gasteiger partial charge on any atom is -0.389 e. The lowest BCUT2D eigenvalue weighted by Crippen LogP contribution is -2.33. The average Bonchev–Trinajstić information content (AvgIpc) is 2.53. The summed E-state index contributed by atoms with van der Waals surface area (Å²) in [7, 11) is 0. The molecule has 0 aromatic carbocycles. The van der Waals surface area contributed by atoms with Gasteiger partial charge in [-0.2, -0.15) is 0 Å². The highest BCUT2D eigenvalue weighted by Crippen LogP contribution is 2.07. The maximum absolute atomic E-state index is 9.59. The quantitative estimate of drug-likeness (QED) is 0.693. The molecule has 3 heteroatoms. The van der Waals surface area contributed by atoms with Gasteiger partial charge in [-0.3, -0.25) is 0 Å². The highest BCUT2D eigenvalue weighted by atomic mass is 16.5. The molecular formula is C10H21NO2. The molecular weight excluding hydrogens is 166 g/mol. The third kappa shape index (κ3) is 4.60. The number of likely N-dealkylation sites (tertiary alicyclic amines) is 1. The molecule has 0 amide bonds. The summed E-state index contributed by atoms with van der Waals surface area (Å²) in [5.41, 5.74) is 0. The van der Waals surface area contributed by atoms with Crippen LogP contribution in [0.2, 0.25) is 0 Å². The molecule has 0 bridgehead atoms. The second-order valence-electron chi connectivity index (χ2n) is 4.04. The predicted octanol–water partition coefficient (Wildman–Crippen LogP) is 0.868. The number of β-amino-alcohol motifs (C(OH)–C–C–N with tert-alkyl or cyclic N) is 1. The molecule has 0 saturated carbocycles. The van der Waals surface area contributed by atoms with E-state index in [1.165, 1.54) is 12.8 Å². The van der Waals surface area contributed by atoms with E-state index in [9.17, 15) is 5.11 Å². The first-order chi connectivity index (χ1) is 6.18. The fourth-order valence-electron chi connectivity index (χ4n) is 1.62. The van der Waals surface area contributed by atoms with Crippen molar-refractivity contribution in [3.05, 3.63) is 0 Å². The molecule has 1 N–H and O–H groups in total. The lowest BCUT2D eigenvalue weighted by Gasteiger charge is -2.20. The van der Waals surface area contributed by atoms with Crippen molar-refractivity contribution >= 4 is 0 Å². The van der Waals surface area contributed by atoms with Crippen molar-refractivity contribution in [3.63, 3.8) is 0 Å². The Morgan fingerprint density at radius 3 is 2.46 bits per heavy atom. The molecule has 13 heavy (non-hydrogen) atoms. The Kier molecular flexibility index (Phi) is 4.70. The topological polar surface area (TPSA) is 32.7 Å². The number of rotatable bonds is 5. The lowest BCUT2D eigenvalue weighted by molar-refractivity contribution is -0.00580. The first-order valence-electron chi connectivity index (χ1n) is 5.20. The van der Waals surface area contributed by atoms with Crippen LogP contribution in [-0.2, 0) is 4.74 Å². The molecule has 0 spiro atoms. The van der Waals surface area contributed by atoms with Gasteiger partial charge in [-0.25, -0.2) is 0 Å². The predicted molar refractivity (Wildman–Crippen MR) is 52.8 cm³/mol. The first kappa shape index (κ1) is 11.0. The summed E-state index contributed by atoms with van der Waals surface area (Å²) in [5, 5.41) is 9.59. The molecule has 1 saturated heterocycles. The van der Waals surface area contributed by atoms with E-state index in [1.54, 1.807) is 0 Å². The van der Waals surface area contributed by atoms with Crippen LogP contribution in [0.5, 0.6) is 0 Å². The monoisotopic (exact) mass is 187 g/mol. The van der Waals surface area contributed by atoms with E-state index in [2.05, 4.69) is 4.90 Å². The van der Waals surface area contributed by atoms with E-state index in [0.717, 1.165) is 19.6 Å². The van der Waals surface area contributed by atoms with Gasteiger partial charge in [0.2, 0.25) is 0 Å². The molecule has 0 aromatic rings. The Labute approximate surface area is 80.7 Å². The summed E-state index contributed by atoms with van der Waals surface area (Å²) in [5.74, 6) is 0. The zero-order chi connectivity index (χ0) is 9.68. The van der Waals surface area contributed by atoms with Crippen molar-refractivity contribution < 1.29 is 9.84 Å². The van der Waals surface area contributed by atoms with E-state index in [-0.39, 0.29) is 12.2 Å². The second-order valence-corrected chi connectivity index (χ2v) is 4.04. The molecule has 1 fully saturated rings. The van der Waals surface area contributed by atoms with Crippen molar-refractivity contribution in [2.75, 3.05) is 26.2 Å². The van der Waals surface area contributed by atoms with Crippen LogP contribution < -0.4 is 0 Å². The molecule has 0 radical (unpaired) electrons. The van der Waals surface area contributed by atoms with E-state index < -0.39 is 0 Å². The summed E-state index contributed by atoms with van der Waals surface area (Å²) < 4.78 is 5.34. The van der Waals surface area contributed by atoms with Gasteiger partial charge in [-0.1, -0.05) is 0 Å². The SMILES string of the molecule is CC(C)OCC(O)CN1CCCC1. The van der Waals surface area contributed by atoms with Gasteiger partial charge < -0.3 is 14.7 Å². The molecule has 1 aliphatic heterocycles. The van der Waals surface area contributed by atoms with Gasteiger partial charge in [0.1, 0.15) is 0 Å².